The van der Waals surface area contributed by atoms with Gasteiger partial charge in [0.05, 0.1) is 11.8 Å². The Morgan fingerprint density at radius 2 is 1.92 bits per heavy atom. The number of fused-ring (bicyclic) bond motifs is 1. The fourth-order valence-corrected chi connectivity index (χ4v) is 4.77. The molecule has 0 saturated heterocycles. The van der Waals surface area contributed by atoms with Gasteiger partial charge in [-0.3, -0.25) is 9.79 Å². The topological polar surface area (TPSA) is 82.4 Å². The first-order chi connectivity index (χ1) is 18.0. The lowest BCUT2D eigenvalue weighted by molar-refractivity contribution is -0.121. The monoisotopic (exact) mass is 502 g/mol. The maximum Gasteiger partial charge on any atom is 0.163 e. The first kappa shape index (κ1) is 26.7. The summed E-state index contributed by atoms with van der Waals surface area (Å²) in [6.07, 6.45) is 10.3. The fourth-order valence-electron chi connectivity index (χ4n) is 4.77. The van der Waals surface area contributed by atoms with E-state index in [-0.39, 0.29) is 18.0 Å². The Hall–Kier alpha value is -3.38. The summed E-state index contributed by atoms with van der Waals surface area (Å²) in [6, 6.07) is 15.7. The number of aliphatic imine (C=N–C) groups is 1. The molecule has 2 aromatic rings. The summed E-state index contributed by atoms with van der Waals surface area (Å²) in [5, 5.41) is 20.4. The molecule has 0 fully saturated rings. The van der Waals surface area contributed by atoms with Crippen LogP contribution in [0.25, 0.3) is 0 Å². The van der Waals surface area contributed by atoms with Crippen molar-refractivity contribution in [1.29, 1.82) is 0 Å². The minimum Gasteiger partial charge on any atom is -0.504 e. The molecule has 2 heterocycles. The third-order valence-electron chi connectivity index (χ3n) is 6.95. The number of hydrogen-bond acceptors (Lipinski definition) is 6. The van der Waals surface area contributed by atoms with Crippen LogP contribution in [-0.4, -0.2) is 46.5 Å². The zero-order valence-corrected chi connectivity index (χ0v) is 21.7. The highest BCUT2D eigenvalue weighted by atomic mass is 16.5. The highest BCUT2D eigenvalue weighted by Gasteiger charge is 2.24. The third-order valence-corrected chi connectivity index (χ3v) is 6.95. The van der Waals surface area contributed by atoms with Crippen LogP contribution >= 0.6 is 0 Å². The number of ether oxygens (including phenoxy) is 1. The Bertz CT molecular complexity index is 1150. The highest BCUT2D eigenvalue weighted by molar-refractivity contribution is 5.87. The van der Waals surface area contributed by atoms with Crippen molar-refractivity contribution in [2.75, 3.05) is 13.3 Å². The number of rotatable bonds is 15. The summed E-state index contributed by atoms with van der Waals surface area (Å²) in [7, 11) is 0. The van der Waals surface area contributed by atoms with Crippen LogP contribution in [0.5, 0.6) is 11.5 Å². The van der Waals surface area contributed by atoms with Crippen LogP contribution in [0.1, 0.15) is 63.0 Å². The van der Waals surface area contributed by atoms with E-state index in [0.717, 1.165) is 49.9 Å². The molecule has 0 saturated carbocycles. The molecule has 1 unspecified atom stereocenters. The first-order valence-corrected chi connectivity index (χ1v) is 13.4. The normalized spacial score (nSPS) is 15.2. The van der Waals surface area contributed by atoms with Gasteiger partial charge in [0.15, 0.2) is 18.2 Å². The number of carbonyl (C=O) groups excluding carboxylic acids is 1. The van der Waals surface area contributed by atoms with Crippen LogP contribution in [0, 0.1) is 0 Å². The number of allylic oxidation sites excluding steroid dienone is 1. The smallest absolute Gasteiger partial charge is 0.163 e. The van der Waals surface area contributed by atoms with Gasteiger partial charge in [0.25, 0.3) is 0 Å². The molecule has 2 N–H and O–H groups in total. The summed E-state index contributed by atoms with van der Waals surface area (Å²) >= 11 is 0. The summed E-state index contributed by atoms with van der Waals surface area (Å²) in [5.74, 6) is 0.544. The van der Waals surface area contributed by atoms with Crippen molar-refractivity contribution >= 4 is 12.0 Å². The Balaban J connectivity index is 1.25. The van der Waals surface area contributed by atoms with Gasteiger partial charge < -0.3 is 19.8 Å². The first-order valence-electron chi connectivity index (χ1n) is 13.4. The minimum absolute atomic E-state index is 0.0617. The van der Waals surface area contributed by atoms with E-state index in [2.05, 4.69) is 41.1 Å². The number of ketones is 1. The molecule has 0 aliphatic carbocycles. The number of aryl methyl sites for hydroxylation is 2. The molecule has 6 nitrogen and oxygen atoms in total. The van der Waals surface area contributed by atoms with Crippen molar-refractivity contribution in [3.05, 3.63) is 82.7 Å². The summed E-state index contributed by atoms with van der Waals surface area (Å²) in [6.45, 7) is 3.15. The second-order valence-corrected chi connectivity index (χ2v) is 9.98. The number of unbranched alkanes of at least 4 members (excludes halogenated alkanes) is 2. The highest BCUT2D eigenvalue weighted by Crippen LogP contribution is 2.32. The molecule has 0 amide bonds. The number of phenols is 1. The Morgan fingerprint density at radius 3 is 2.73 bits per heavy atom. The zero-order valence-electron chi connectivity index (χ0n) is 21.7. The van der Waals surface area contributed by atoms with Crippen LogP contribution in [-0.2, 0) is 17.6 Å². The molecular weight excluding hydrogens is 464 g/mol. The van der Waals surface area contributed by atoms with E-state index in [0.29, 0.717) is 31.7 Å². The van der Waals surface area contributed by atoms with E-state index in [9.17, 15) is 15.0 Å². The second-order valence-electron chi connectivity index (χ2n) is 9.98. The molecule has 4 rings (SSSR count). The molecule has 2 aromatic carbocycles. The van der Waals surface area contributed by atoms with Crippen molar-refractivity contribution in [2.45, 2.75) is 70.8 Å². The third kappa shape index (κ3) is 7.80. The van der Waals surface area contributed by atoms with E-state index < -0.39 is 6.10 Å². The SMILES string of the molecule is CCCCCC(O)CC(=O)CCc1ccc(O)c(OCN2C=C3N=CC(CCc4ccccc4)=C3C2)c1. The maximum atomic E-state index is 12.3. The van der Waals surface area contributed by atoms with Gasteiger partial charge >= 0.3 is 0 Å². The number of aliphatic hydroxyl groups excluding tert-OH is 1. The quantitative estimate of drug-likeness (QED) is 0.304. The molecule has 0 radical (unpaired) electrons. The molecule has 2 aliphatic heterocycles. The van der Waals surface area contributed by atoms with Crippen LogP contribution < -0.4 is 4.74 Å². The van der Waals surface area contributed by atoms with Crippen LogP contribution in [0.15, 0.2) is 76.6 Å². The fraction of sp³-hybridized carbons (Fsp3) is 0.419. The van der Waals surface area contributed by atoms with Crippen molar-refractivity contribution in [1.82, 2.24) is 4.90 Å². The van der Waals surface area contributed by atoms with Gasteiger partial charge in [-0.15, -0.1) is 0 Å². The molecule has 2 aliphatic rings. The predicted molar refractivity (Wildman–Crippen MR) is 147 cm³/mol. The Kier molecular flexibility index (Phi) is 9.55. The number of aliphatic hydroxyl groups is 1. The van der Waals surface area contributed by atoms with Crippen LogP contribution in [0.2, 0.25) is 0 Å². The molecule has 0 bridgehead atoms. The second kappa shape index (κ2) is 13.2. The average Bonchev–Trinajstić information content (AvgIpc) is 3.47. The molecule has 6 heteroatoms. The molecule has 1 atom stereocenters. The Labute approximate surface area is 220 Å². The molecule has 37 heavy (non-hydrogen) atoms. The minimum atomic E-state index is -0.551. The van der Waals surface area contributed by atoms with Gasteiger partial charge in [-0.05, 0) is 54.5 Å². The predicted octanol–water partition coefficient (Wildman–Crippen LogP) is 5.73. The Morgan fingerprint density at radius 1 is 1.08 bits per heavy atom. The summed E-state index contributed by atoms with van der Waals surface area (Å²) in [5.41, 5.74) is 5.74. The lowest BCUT2D eigenvalue weighted by atomic mass is 10.0. The van der Waals surface area contributed by atoms with E-state index in [1.54, 1.807) is 12.1 Å². The standard InChI is InChI=1S/C31H38N2O4/c1-2-3-5-10-26(34)18-27(35)15-12-24-13-16-30(36)31(17-24)37-22-33-20-28-25(19-32-29(28)21-33)14-11-23-8-6-4-7-9-23/h4,6-9,13,16-17,19,21,26,34,36H,2-3,5,10-12,14-15,18,20,22H2,1H3. The van der Waals surface area contributed by atoms with Gasteiger partial charge in [0.2, 0.25) is 0 Å². The van der Waals surface area contributed by atoms with E-state index in [1.165, 1.54) is 16.7 Å². The maximum absolute atomic E-state index is 12.3. The van der Waals surface area contributed by atoms with Crippen LogP contribution in [0.3, 0.4) is 0 Å². The number of Topliss-reactive ketones (excluding diaryl/α,β-unsaturated/α-hetero) is 1. The van der Waals surface area contributed by atoms with E-state index in [1.807, 2.05) is 24.5 Å². The van der Waals surface area contributed by atoms with Gasteiger partial charge in [-0.1, -0.05) is 62.6 Å². The van der Waals surface area contributed by atoms with Gasteiger partial charge in [-0.25, -0.2) is 0 Å². The molecule has 0 aromatic heterocycles. The van der Waals surface area contributed by atoms with Crippen molar-refractivity contribution in [2.24, 2.45) is 4.99 Å². The van der Waals surface area contributed by atoms with E-state index in [4.69, 9.17) is 4.74 Å². The number of carbonyl (C=O) groups is 1. The average molecular weight is 503 g/mol. The van der Waals surface area contributed by atoms with Gasteiger partial charge in [0.1, 0.15) is 5.78 Å². The number of phenolic OH excluding ortho intramolecular Hbond substituents is 1. The largest absolute Gasteiger partial charge is 0.504 e. The molecular formula is C31H38N2O4. The number of benzene rings is 2. The molecule has 196 valence electrons. The van der Waals surface area contributed by atoms with E-state index >= 15 is 0 Å². The lowest BCUT2D eigenvalue weighted by Crippen LogP contribution is -2.21. The zero-order chi connectivity index (χ0) is 26.0. The summed E-state index contributed by atoms with van der Waals surface area (Å²) < 4.78 is 5.95. The van der Waals surface area contributed by atoms with Crippen molar-refractivity contribution in [3.8, 4) is 11.5 Å². The van der Waals surface area contributed by atoms with Gasteiger partial charge in [-0.2, -0.15) is 0 Å². The van der Waals surface area contributed by atoms with Crippen molar-refractivity contribution < 1.29 is 19.7 Å². The molecule has 0 spiro atoms. The van der Waals surface area contributed by atoms with Gasteiger partial charge in [0, 0.05) is 37.4 Å². The lowest BCUT2D eigenvalue weighted by Gasteiger charge is -2.18. The number of hydrogen-bond donors (Lipinski definition) is 2. The summed E-state index contributed by atoms with van der Waals surface area (Å²) in [4.78, 5) is 18.9. The van der Waals surface area contributed by atoms with Crippen LogP contribution in [0.4, 0.5) is 0 Å². The van der Waals surface area contributed by atoms with Crippen molar-refractivity contribution in [3.63, 3.8) is 0 Å². The number of nitrogens with zero attached hydrogens (tertiary/aromatic N) is 2. The number of aromatic hydroxyl groups is 1.